The van der Waals surface area contributed by atoms with Crippen LogP contribution in [0.15, 0.2) is 36.5 Å². The summed E-state index contributed by atoms with van der Waals surface area (Å²) in [6.07, 6.45) is -3.62. The van der Waals surface area contributed by atoms with Gasteiger partial charge in [-0.15, -0.1) is 0 Å². The molecule has 0 saturated carbocycles. The number of hydrogen-bond acceptors (Lipinski definition) is 5. The summed E-state index contributed by atoms with van der Waals surface area (Å²) in [6, 6.07) is 10.0. The van der Waals surface area contributed by atoms with Crippen molar-refractivity contribution in [2.75, 3.05) is 23.7 Å². The van der Waals surface area contributed by atoms with Crippen LogP contribution in [0.25, 0.3) is 11.0 Å². The van der Waals surface area contributed by atoms with Gasteiger partial charge >= 0.3 is 6.18 Å². The number of aryl methyl sites for hydroxylation is 1. The Balaban J connectivity index is 1.76. The molecular weight excluding hydrogens is 357 g/mol. The zero-order valence-corrected chi connectivity index (χ0v) is 15.1. The Bertz CT molecular complexity index is 891. The van der Waals surface area contributed by atoms with Crippen molar-refractivity contribution >= 4 is 22.8 Å². The van der Waals surface area contributed by atoms with Gasteiger partial charge in [0.2, 0.25) is 5.95 Å². The number of nitrogens with zero attached hydrogens (tertiary/aromatic N) is 4. The molecule has 0 bridgehead atoms. The summed E-state index contributed by atoms with van der Waals surface area (Å²) in [5.41, 5.74) is 1.73. The molecule has 2 heterocycles. The maximum atomic E-state index is 12.4. The van der Waals surface area contributed by atoms with Crippen LogP contribution in [0.2, 0.25) is 0 Å². The van der Waals surface area contributed by atoms with Crippen LogP contribution in [0, 0.1) is 0 Å². The van der Waals surface area contributed by atoms with Crippen molar-refractivity contribution in [3.05, 3.63) is 42.1 Å². The van der Waals surface area contributed by atoms with Crippen molar-refractivity contribution in [1.29, 1.82) is 0 Å². The van der Waals surface area contributed by atoms with E-state index in [1.54, 1.807) is 17.9 Å². The topological polar surface area (TPSA) is 67.7 Å². The van der Waals surface area contributed by atoms with E-state index in [1.165, 1.54) is 5.56 Å². The monoisotopic (exact) mass is 378 g/mol. The van der Waals surface area contributed by atoms with E-state index in [1.807, 2.05) is 30.3 Å². The Morgan fingerprint density at radius 2 is 1.85 bits per heavy atom. The smallest absolute Gasteiger partial charge is 0.369 e. The highest BCUT2D eigenvalue weighted by atomic mass is 19.4. The van der Waals surface area contributed by atoms with E-state index in [9.17, 15) is 13.2 Å². The zero-order valence-electron chi connectivity index (χ0n) is 15.1. The summed E-state index contributed by atoms with van der Waals surface area (Å²) in [7, 11) is 1.73. The Morgan fingerprint density at radius 3 is 2.56 bits per heavy atom. The molecule has 2 aromatic heterocycles. The minimum Gasteiger partial charge on any atom is -0.369 e. The molecule has 0 spiro atoms. The van der Waals surface area contributed by atoms with Crippen LogP contribution >= 0.6 is 0 Å². The lowest BCUT2D eigenvalue weighted by molar-refractivity contribution is -0.131. The number of hydrogen-bond donors (Lipinski definition) is 2. The van der Waals surface area contributed by atoms with Crippen LogP contribution in [-0.4, -0.2) is 39.0 Å². The lowest BCUT2D eigenvalue weighted by Gasteiger charge is -2.14. The maximum absolute atomic E-state index is 12.4. The summed E-state index contributed by atoms with van der Waals surface area (Å²) in [6.45, 7) is 2.41. The van der Waals surface area contributed by atoms with Crippen LogP contribution in [-0.2, 0) is 7.05 Å². The predicted octanol–water partition coefficient (Wildman–Crippen LogP) is 3.94. The molecule has 0 aliphatic rings. The van der Waals surface area contributed by atoms with Crippen molar-refractivity contribution in [2.45, 2.75) is 25.4 Å². The molecule has 0 amide bonds. The quantitative estimate of drug-likeness (QED) is 0.652. The standard InChI is InChI=1S/C18H21F3N6/c1-12(13-6-4-3-5-7-13)10-23-17-25-15(22-9-8-18(19,20)21)14-11-24-27(2)16(14)26-17/h3-7,11-12H,8-10H2,1-2H3,(H2,22,23,25,26)/t12-/m0/s1. The minimum atomic E-state index is -4.22. The van der Waals surface area contributed by atoms with Gasteiger partial charge in [-0.05, 0) is 11.5 Å². The number of anilines is 2. The predicted molar refractivity (Wildman–Crippen MR) is 98.8 cm³/mol. The third-order valence-corrected chi connectivity index (χ3v) is 4.23. The fourth-order valence-corrected chi connectivity index (χ4v) is 2.70. The Labute approximate surface area is 154 Å². The van der Waals surface area contributed by atoms with Crippen LogP contribution < -0.4 is 10.6 Å². The average molecular weight is 378 g/mol. The second-order valence-corrected chi connectivity index (χ2v) is 6.39. The van der Waals surface area contributed by atoms with E-state index in [4.69, 9.17) is 0 Å². The summed E-state index contributed by atoms with van der Waals surface area (Å²) in [4.78, 5) is 8.78. The second kappa shape index (κ2) is 7.81. The molecule has 6 nitrogen and oxygen atoms in total. The summed E-state index contributed by atoms with van der Waals surface area (Å²) in [5.74, 6) is 0.911. The molecular formula is C18H21F3N6. The highest BCUT2D eigenvalue weighted by molar-refractivity contribution is 5.87. The molecule has 27 heavy (non-hydrogen) atoms. The number of halogens is 3. The Hall–Kier alpha value is -2.84. The summed E-state index contributed by atoms with van der Waals surface area (Å²) < 4.78 is 38.8. The first-order chi connectivity index (χ1) is 12.8. The van der Waals surface area contributed by atoms with E-state index in [2.05, 4.69) is 32.6 Å². The van der Waals surface area contributed by atoms with Gasteiger partial charge in [-0.25, -0.2) is 0 Å². The third kappa shape index (κ3) is 4.87. The molecule has 2 N–H and O–H groups in total. The molecule has 0 unspecified atom stereocenters. The van der Waals surface area contributed by atoms with Gasteiger partial charge in [-0.3, -0.25) is 4.68 Å². The van der Waals surface area contributed by atoms with Crippen LogP contribution in [0.3, 0.4) is 0 Å². The molecule has 9 heteroatoms. The number of nitrogens with one attached hydrogen (secondary N) is 2. The molecule has 144 valence electrons. The van der Waals surface area contributed by atoms with Gasteiger partial charge in [0.25, 0.3) is 0 Å². The Kier molecular flexibility index (Phi) is 5.48. The Morgan fingerprint density at radius 1 is 1.11 bits per heavy atom. The van der Waals surface area contributed by atoms with E-state index in [-0.39, 0.29) is 12.5 Å². The van der Waals surface area contributed by atoms with Gasteiger partial charge in [-0.1, -0.05) is 37.3 Å². The first-order valence-electron chi connectivity index (χ1n) is 8.62. The number of fused-ring (bicyclic) bond motifs is 1. The number of alkyl halides is 3. The van der Waals surface area contributed by atoms with Crippen molar-refractivity contribution in [3.8, 4) is 0 Å². The van der Waals surface area contributed by atoms with E-state index in [0.29, 0.717) is 29.3 Å². The van der Waals surface area contributed by atoms with Gasteiger partial charge in [0.15, 0.2) is 5.65 Å². The first-order valence-corrected chi connectivity index (χ1v) is 8.62. The molecule has 3 rings (SSSR count). The fraction of sp³-hybridized carbons (Fsp3) is 0.389. The molecule has 1 aromatic carbocycles. The largest absolute Gasteiger partial charge is 0.390 e. The lowest BCUT2D eigenvalue weighted by Crippen LogP contribution is -2.16. The molecule has 0 saturated heterocycles. The van der Waals surface area contributed by atoms with E-state index in [0.717, 1.165) is 0 Å². The molecule has 0 aliphatic carbocycles. The van der Waals surface area contributed by atoms with Crippen LogP contribution in [0.4, 0.5) is 24.9 Å². The summed E-state index contributed by atoms with van der Waals surface area (Å²) in [5, 5.41) is 10.6. The van der Waals surface area contributed by atoms with Crippen molar-refractivity contribution in [2.24, 2.45) is 7.05 Å². The number of aromatic nitrogens is 4. The second-order valence-electron chi connectivity index (χ2n) is 6.39. The normalized spacial score (nSPS) is 12.9. The van der Waals surface area contributed by atoms with Gasteiger partial charge in [0.05, 0.1) is 18.0 Å². The van der Waals surface area contributed by atoms with Crippen molar-refractivity contribution in [1.82, 2.24) is 19.7 Å². The van der Waals surface area contributed by atoms with E-state index < -0.39 is 12.6 Å². The van der Waals surface area contributed by atoms with E-state index >= 15 is 0 Å². The zero-order chi connectivity index (χ0) is 19.4. The molecule has 1 atom stereocenters. The van der Waals surface area contributed by atoms with Gasteiger partial charge in [0, 0.05) is 20.1 Å². The SMILES string of the molecule is C[C@@H](CNc1nc(NCCC(F)(F)F)c2cnn(C)c2n1)c1ccccc1. The fourth-order valence-electron chi connectivity index (χ4n) is 2.70. The molecule has 0 radical (unpaired) electrons. The average Bonchev–Trinajstić information content (AvgIpc) is 3.00. The van der Waals surface area contributed by atoms with Gasteiger partial charge in [-0.2, -0.15) is 28.2 Å². The van der Waals surface area contributed by atoms with Crippen molar-refractivity contribution < 1.29 is 13.2 Å². The number of benzene rings is 1. The minimum absolute atomic E-state index is 0.221. The highest BCUT2D eigenvalue weighted by Gasteiger charge is 2.26. The van der Waals surface area contributed by atoms with Crippen molar-refractivity contribution in [3.63, 3.8) is 0 Å². The van der Waals surface area contributed by atoms with Gasteiger partial charge < -0.3 is 10.6 Å². The summed E-state index contributed by atoms with van der Waals surface area (Å²) >= 11 is 0. The highest BCUT2D eigenvalue weighted by Crippen LogP contribution is 2.24. The molecule has 3 aromatic rings. The number of rotatable bonds is 7. The maximum Gasteiger partial charge on any atom is 0.390 e. The molecule has 0 fully saturated rings. The first kappa shape index (κ1) is 18.9. The third-order valence-electron chi connectivity index (χ3n) is 4.23. The van der Waals surface area contributed by atoms with Gasteiger partial charge in [0.1, 0.15) is 5.82 Å². The van der Waals surface area contributed by atoms with Crippen LogP contribution in [0.5, 0.6) is 0 Å². The lowest BCUT2D eigenvalue weighted by atomic mass is 10.0. The molecule has 0 aliphatic heterocycles. The van der Waals surface area contributed by atoms with Crippen LogP contribution in [0.1, 0.15) is 24.8 Å².